The summed E-state index contributed by atoms with van der Waals surface area (Å²) in [5.74, 6) is -0.0549. The van der Waals surface area contributed by atoms with E-state index in [1.807, 2.05) is 6.07 Å². The number of ether oxygens (including phenoxy) is 2. The highest BCUT2D eigenvalue weighted by Crippen LogP contribution is 2.41. The molecule has 0 spiro atoms. The average Bonchev–Trinajstić information content (AvgIpc) is 3.85. The molecule has 2 saturated heterocycles. The van der Waals surface area contributed by atoms with Gasteiger partial charge in [0.2, 0.25) is 6.61 Å². The second-order valence-electron chi connectivity index (χ2n) is 14.3. The number of ketones is 1. The van der Waals surface area contributed by atoms with Crippen molar-refractivity contribution in [2.24, 2.45) is 5.92 Å². The van der Waals surface area contributed by atoms with E-state index in [4.69, 9.17) is 9.47 Å². The van der Waals surface area contributed by atoms with Gasteiger partial charge in [-0.15, -0.1) is 12.4 Å². The van der Waals surface area contributed by atoms with Gasteiger partial charge in [0.25, 0.3) is 0 Å². The van der Waals surface area contributed by atoms with Gasteiger partial charge < -0.3 is 20.1 Å². The van der Waals surface area contributed by atoms with E-state index in [0.29, 0.717) is 56.2 Å². The molecule has 0 aromatic heterocycles. The van der Waals surface area contributed by atoms with Crippen molar-refractivity contribution in [3.05, 3.63) is 78.2 Å². The van der Waals surface area contributed by atoms with Crippen molar-refractivity contribution in [1.29, 1.82) is 10.5 Å². The molecule has 2 aromatic rings. The third-order valence-corrected chi connectivity index (χ3v) is 10.9. The number of halogens is 3. The SMILES string of the molecule is CCOC(=O)N[C@H]1CCN(C2CCC(C#N)(c3cccc(F)c3)CC2)C1.Cl.N#CC1(c2cccc(F)c2)CCC(=O)CC1.[CH2+]COC(=O)C[C@H]1CCNC1. The smallest absolute Gasteiger partial charge is 0.407 e. The first-order valence-electron chi connectivity index (χ1n) is 18.7. The lowest BCUT2D eigenvalue weighted by atomic mass is 9.69. The molecule has 2 heterocycles. The lowest BCUT2D eigenvalue weighted by Crippen LogP contribution is -2.43. The van der Waals surface area contributed by atoms with Crippen LogP contribution in [0.3, 0.4) is 0 Å². The van der Waals surface area contributed by atoms with Gasteiger partial charge in [0.1, 0.15) is 24.3 Å². The number of hydrogen-bond donors (Lipinski definition) is 2. The molecule has 2 aromatic carbocycles. The second kappa shape index (κ2) is 21.6. The fraction of sp³-hybridized carbons (Fsp3) is 0.561. The zero-order chi connectivity index (χ0) is 38.3. The zero-order valence-electron chi connectivity index (χ0n) is 31.1. The van der Waals surface area contributed by atoms with Crippen molar-refractivity contribution in [3.8, 4) is 12.1 Å². The summed E-state index contributed by atoms with van der Waals surface area (Å²) >= 11 is 0. The van der Waals surface area contributed by atoms with Gasteiger partial charge in [-0.25, -0.2) is 13.6 Å². The van der Waals surface area contributed by atoms with Gasteiger partial charge >= 0.3 is 12.1 Å². The predicted molar refractivity (Wildman–Crippen MR) is 202 cm³/mol. The Labute approximate surface area is 324 Å². The molecule has 6 rings (SSSR count). The molecule has 13 heteroatoms. The highest BCUT2D eigenvalue weighted by molar-refractivity contribution is 5.85. The molecule has 54 heavy (non-hydrogen) atoms. The zero-order valence-corrected chi connectivity index (χ0v) is 31.9. The van der Waals surface area contributed by atoms with E-state index in [1.54, 1.807) is 25.1 Å². The number of nitriles is 2. The maximum Gasteiger partial charge on any atom is 0.407 e. The van der Waals surface area contributed by atoms with E-state index in [1.165, 1.54) is 24.3 Å². The lowest BCUT2D eigenvalue weighted by molar-refractivity contribution is -0.143. The molecule has 2 N–H and O–H groups in total. The summed E-state index contributed by atoms with van der Waals surface area (Å²) in [6, 6.07) is 17.9. The van der Waals surface area contributed by atoms with Crippen molar-refractivity contribution in [1.82, 2.24) is 15.5 Å². The molecule has 2 atom stereocenters. The molecule has 2 saturated carbocycles. The summed E-state index contributed by atoms with van der Waals surface area (Å²) in [6.45, 7) is 9.61. The minimum absolute atomic E-state index is 0. The summed E-state index contributed by atoms with van der Waals surface area (Å²) in [4.78, 5) is 36.1. The van der Waals surface area contributed by atoms with Gasteiger partial charge in [0.15, 0.2) is 0 Å². The molecular weight excluding hydrogens is 716 g/mol. The second-order valence-corrected chi connectivity index (χ2v) is 14.3. The highest BCUT2D eigenvalue weighted by Gasteiger charge is 2.40. The van der Waals surface area contributed by atoms with Crippen LogP contribution in [0.5, 0.6) is 0 Å². The summed E-state index contributed by atoms with van der Waals surface area (Å²) in [5.41, 5.74) is 0.237. The number of carbonyl (C=O) groups excluding carboxylic acids is 3. The van der Waals surface area contributed by atoms with Crippen molar-refractivity contribution in [3.63, 3.8) is 0 Å². The first kappa shape index (κ1) is 44.2. The molecule has 0 bridgehead atoms. The maximum absolute atomic E-state index is 13.6. The van der Waals surface area contributed by atoms with Gasteiger partial charge in [0.05, 0.1) is 29.6 Å². The molecule has 1 amide bonds. The first-order valence-corrected chi connectivity index (χ1v) is 18.7. The van der Waals surface area contributed by atoms with Crippen LogP contribution in [0.15, 0.2) is 48.5 Å². The van der Waals surface area contributed by atoms with Crippen LogP contribution in [0.2, 0.25) is 0 Å². The number of nitrogens with zero attached hydrogens (tertiary/aromatic N) is 3. The van der Waals surface area contributed by atoms with E-state index in [2.05, 4.69) is 34.6 Å². The van der Waals surface area contributed by atoms with Crippen LogP contribution in [0.25, 0.3) is 0 Å². The van der Waals surface area contributed by atoms with Crippen LogP contribution in [0, 0.1) is 47.1 Å². The van der Waals surface area contributed by atoms with Crippen molar-refractivity contribution in [2.45, 2.75) is 100 Å². The average molecular weight is 769 g/mol. The minimum Gasteiger partial charge on any atom is -0.450 e. The van der Waals surface area contributed by atoms with Gasteiger partial charge in [-0.3, -0.25) is 14.5 Å². The number of carbonyl (C=O) groups is 3. The van der Waals surface area contributed by atoms with E-state index in [-0.39, 0.29) is 54.5 Å². The number of benzene rings is 2. The quantitative estimate of drug-likeness (QED) is 0.217. The number of rotatable bonds is 8. The third-order valence-electron chi connectivity index (χ3n) is 10.9. The molecule has 2 aliphatic carbocycles. The Bertz CT molecular complexity index is 1610. The fourth-order valence-corrected chi connectivity index (χ4v) is 7.79. The predicted octanol–water partition coefficient (Wildman–Crippen LogP) is 6.87. The van der Waals surface area contributed by atoms with Crippen molar-refractivity contribution >= 4 is 30.3 Å². The van der Waals surface area contributed by atoms with Crippen molar-refractivity contribution in [2.75, 3.05) is 39.4 Å². The molecule has 4 fully saturated rings. The third kappa shape index (κ3) is 12.4. The number of alkyl carbamates (subject to hydrolysis) is 1. The molecule has 292 valence electrons. The minimum atomic E-state index is -0.671. The van der Waals surface area contributed by atoms with E-state index < -0.39 is 10.8 Å². The summed E-state index contributed by atoms with van der Waals surface area (Å²) in [7, 11) is 0. The van der Waals surface area contributed by atoms with E-state index >= 15 is 0 Å². The summed E-state index contributed by atoms with van der Waals surface area (Å²) in [5, 5.41) is 25.2. The number of hydrogen-bond acceptors (Lipinski definition) is 9. The Kier molecular flexibility index (Phi) is 17.7. The Morgan fingerprint density at radius 3 is 2.04 bits per heavy atom. The van der Waals surface area contributed by atoms with Crippen LogP contribution in [0.4, 0.5) is 13.6 Å². The van der Waals surface area contributed by atoms with Gasteiger partial charge in [-0.2, -0.15) is 10.5 Å². The monoisotopic (exact) mass is 768 g/mol. The highest BCUT2D eigenvalue weighted by atomic mass is 35.5. The van der Waals surface area contributed by atoms with Gasteiger partial charge in [-0.1, -0.05) is 24.3 Å². The van der Waals surface area contributed by atoms with Crippen molar-refractivity contribution < 1.29 is 32.6 Å². The Hall–Kier alpha value is -4.23. The van der Waals surface area contributed by atoms with E-state index in [9.17, 15) is 33.7 Å². The number of nitrogens with one attached hydrogen (secondary N) is 2. The summed E-state index contributed by atoms with van der Waals surface area (Å²) < 4.78 is 36.4. The largest absolute Gasteiger partial charge is 0.450 e. The number of amides is 1. The molecule has 0 radical (unpaired) electrons. The van der Waals surface area contributed by atoms with Crippen LogP contribution >= 0.6 is 12.4 Å². The van der Waals surface area contributed by atoms with Crippen LogP contribution in [-0.2, 0) is 29.9 Å². The molecule has 0 unspecified atom stereocenters. The van der Waals surface area contributed by atoms with Crippen LogP contribution in [-0.4, -0.2) is 74.2 Å². The standard InChI is InChI=1S/C20H26FN3O2.C13H12FNO.C8H14NO2.ClH/c1-2-26-19(25)23-17-8-11-24(13-17)18-6-9-20(14-22,10-7-18)15-4-3-5-16(21)12-15;14-11-3-1-2-10(8-11)13(9-15)6-4-12(16)5-7-13;1-2-11-8(10)5-7-3-4-9-6-7;/h3-5,12,17-18H,2,6-11,13H2,1H3,(H,23,25);1-3,8H,4-7H2;7,9H,1-6H2;1H/q;;+1;/t17-,18?,20?;;7-;/m0.1./s1. The van der Waals surface area contributed by atoms with Crippen LogP contribution < -0.4 is 10.6 Å². The summed E-state index contributed by atoms with van der Waals surface area (Å²) in [6.07, 6.45) is 7.36. The Balaban J connectivity index is 0.000000238. The van der Waals surface area contributed by atoms with Gasteiger partial charge in [0, 0.05) is 44.4 Å². The molecule has 2 aliphatic heterocycles. The van der Waals surface area contributed by atoms with E-state index in [0.717, 1.165) is 70.3 Å². The number of likely N-dealkylation sites (tertiary alicyclic amines) is 1. The van der Waals surface area contributed by atoms with Crippen LogP contribution in [0.1, 0.15) is 88.7 Å². The normalized spacial score (nSPS) is 24.5. The maximum atomic E-state index is 13.6. The Morgan fingerprint density at radius 2 is 1.54 bits per heavy atom. The topological polar surface area (TPSA) is 145 Å². The molecule has 4 aliphatic rings. The number of Topliss-reactive ketones (excluding diaryl/α,β-unsaturated/α-hetero) is 1. The van der Waals surface area contributed by atoms with Gasteiger partial charge in [-0.05, 0) is 113 Å². The number of esters is 1. The Morgan fingerprint density at radius 1 is 0.944 bits per heavy atom. The lowest BCUT2D eigenvalue weighted by Gasteiger charge is -2.39. The first-order chi connectivity index (χ1) is 25.5. The fourth-order valence-electron chi connectivity index (χ4n) is 7.79. The molecular formula is C41H53ClF2N5O5+. The molecule has 10 nitrogen and oxygen atoms in total.